The van der Waals surface area contributed by atoms with E-state index in [2.05, 4.69) is 90.1 Å². The van der Waals surface area contributed by atoms with Crippen LogP contribution in [0.4, 0.5) is 11.4 Å². The van der Waals surface area contributed by atoms with Crippen LogP contribution >= 0.6 is 0 Å². The largest absolute Gasteiger partial charge is 2.00 e. The molecule has 31 heavy (non-hydrogen) atoms. The summed E-state index contributed by atoms with van der Waals surface area (Å²) in [5.74, 6) is 0. The Kier molecular flexibility index (Phi) is 6.53. The van der Waals surface area contributed by atoms with E-state index in [4.69, 9.17) is 9.98 Å². The van der Waals surface area contributed by atoms with Crippen molar-refractivity contribution in [3.8, 4) is 11.1 Å². The van der Waals surface area contributed by atoms with Crippen molar-refractivity contribution in [1.82, 2.24) is 0 Å². The summed E-state index contributed by atoms with van der Waals surface area (Å²) in [5.41, 5.74) is 7.67. The fraction of sp³-hybridized carbons (Fsp3) is 0.286. The summed E-state index contributed by atoms with van der Waals surface area (Å²) in [6.45, 7) is 13.0. The second-order valence-corrected chi connectivity index (χ2v) is 9.09. The fourth-order valence-corrected chi connectivity index (χ4v) is 3.67. The average Bonchev–Trinajstić information content (AvgIpc) is 2.74. The zero-order chi connectivity index (χ0) is 21.5. The van der Waals surface area contributed by atoms with Crippen molar-refractivity contribution in [2.75, 3.05) is 0 Å². The molecule has 0 amide bonds. The number of benzene rings is 3. The van der Waals surface area contributed by atoms with Crippen LogP contribution in [-0.2, 0) is 31.9 Å². The summed E-state index contributed by atoms with van der Waals surface area (Å²) >= 11 is 0. The van der Waals surface area contributed by atoms with Gasteiger partial charge in [-0.25, -0.2) is 11.1 Å². The van der Waals surface area contributed by atoms with Gasteiger partial charge in [0.1, 0.15) is 0 Å². The standard InChI is InChI=1S/C28H28N2.Pt/c1-19-27(3,4)23-13-9-11-21(17-23)22-12-10-14-24(18-22)28(5,6)20(2)30-26-16-8-7-15-25(26)29-19;/h7-16H,1-6H3;/q-2;+2. The minimum absolute atomic E-state index is 0. The molecule has 3 aromatic carbocycles. The van der Waals surface area contributed by atoms with Gasteiger partial charge in [-0.2, -0.15) is 36.4 Å². The van der Waals surface area contributed by atoms with E-state index in [1.54, 1.807) is 0 Å². The first-order chi connectivity index (χ1) is 14.2. The van der Waals surface area contributed by atoms with Gasteiger partial charge in [0, 0.05) is 22.3 Å². The van der Waals surface area contributed by atoms with Crippen molar-refractivity contribution < 1.29 is 21.1 Å². The molecule has 0 radical (unpaired) electrons. The van der Waals surface area contributed by atoms with Crippen molar-refractivity contribution in [3.63, 3.8) is 0 Å². The molecule has 0 unspecified atom stereocenters. The third kappa shape index (κ3) is 4.37. The summed E-state index contributed by atoms with van der Waals surface area (Å²) in [7, 11) is 0. The molecule has 0 spiro atoms. The zero-order valence-corrected chi connectivity index (χ0v) is 21.3. The molecule has 0 N–H and O–H groups in total. The SMILES string of the molecule is CC1=Nc2ccccc2N=C(C)C(C)(C)c2[c-]c(ccc2)-c2[c-]c(ccc2)C1(C)C.[Pt+2]. The maximum absolute atomic E-state index is 5.03. The van der Waals surface area contributed by atoms with Crippen LogP contribution in [0.3, 0.4) is 0 Å². The van der Waals surface area contributed by atoms with Gasteiger partial charge in [-0.05, 0) is 26.0 Å². The molecular formula is C28H28N2Pt. The van der Waals surface area contributed by atoms with Crippen LogP contribution in [-0.4, -0.2) is 11.4 Å². The van der Waals surface area contributed by atoms with Gasteiger partial charge >= 0.3 is 21.1 Å². The predicted molar refractivity (Wildman–Crippen MR) is 128 cm³/mol. The molecule has 1 aliphatic heterocycles. The maximum atomic E-state index is 5.03. The Labute approximate surface area is 200 Å². The van der Waals surface area contributed by atoms with Crippen molar-refractivity contribution in [2.24, 2.45) is 9.98 Å². The summed E-state index contributed by atoms with van der Waals surface area (Å²) in [5, 5.41) is 0. The van der Waals surface area contributed by atoms with Gasteiger partial charge in [-0.3, -0.25) is 9.98 Å². The van der Waals surface area contributed by atoms with Crippen LogP contribution in [0.25, 0.3) is 11.1 Å². The fourth-order valence-electron chi connectivity index (χ4n) is 3.67. The molecule has 1 aliphatic rings. The van der Waals surface area contributed by atoms with Gasteiger partial charge < -0.3 is 0 Å². The van der Waals surface area contributed by atoms with Gasteiger partial charge in [-0.15, -0.1) is 23.3 Å². The molecule has 0 fully saturated rings. The summed E-state index contributed by atoms with van der Waals surface area (Å²) in [4.78, 5) is 10.1. The molecule has 160 valence electrons. The van der Waals surface area contributed by atoms with E-state index in [-0.39, 0.29) is 31.9 Å². The van der Waals surface area contributed by atoms with E-state index in [1.165, 1.54) is 0 Å². The van der Waals surface area contributed by atoms with Gasteiger partial charge in [0.2, 0.25) is 0 Å². The van der Waals surface area contributed by atoms with E-state index in [9.17, 15) is 0 Å². The van der Waals surface area contributed by atoms with Crippen molar-refractivity contribution >= 4 is 22.8 Å². The third-order valence-electron chi connectivity index (χ3n) is 6.49. The molecule has 0 aliphatic carbocycles. The second-order valence-electron chi connectivity index (χ2n) is 9.09. The topological polar surface area (TPSA) is 24.7 Å². The Morgan fingerprint density at radius 2 is 0.968 bits per heavy atom. The van der Waals surface area contributed by atoms with E-state index in [0.29, 0.717) is 0 Å². The molecule has 3 heteroatoms. The molecule has 2 nitrogen and oxygen atoms in total. The van der Waals surface area contributed by atoms with Gasteiger partial charge in [0.05, 0.1) is 11.4 Å². The first-order valence-corrected chi connectivity index (χ1v) is 10.5. The van der Waals surface area contributed by atoms with Crippen LogP contribution in [0.5, 0.6) is 0 Å². The Morgan fingerprint density at radius 3 is 1.35 bits per heavy atom. The van der Waals surface area contributed by atoms with E-state index >= 15 is 0 Å². The first-order valence-electron chi connectivity index (χ1n) is 10.5. The van der Waals surface area contributed by atoms with Crippen molar-refractivity contribution in [2.45, 2.75) is 52.4 Å². The zero-order valence-electron chi connectivity index (χ0n) is 19.0. The molecule has 4 rings (SSSR count). The number of nitrogens with zero attached hydrogens (tertiary/aromatic N) is 2. The Bertz CT molecular complexity index is 1080. The summed E-state index contributed by atoms with van der Waals surface area (Å²) in [6, 6.07) is 28.1. The molecule has 0 aromatic heterocycles. The average molecular weight is 588 g/mol. The predicted octanol–water partition coefficient (Wildman–Crippen LogP) is 7.41. The Balaban J connectivity index is 0.00000272. The van der Waals surface area contributed by atoms with E-state index in [0.717, 1.165) is 45.1 Å². The number of aliphatic imine (C=N–C) groups is 2. The minimum atomic E-state index is -0.261. The van der Waals surface area contributed by atoms with Crippen LogP contribution in [0.1, 0.15) is 52.7 Å². The molecule has 1 heterocycles. The molecule has 4 bridgehead atoms. The van der Waals surface area contributed by atoms with E-state index in [1.807, 2.05) is 24.3 Å². The Hall–Kier alpha value is -2.31. The summed E-state index contributed by atoms with van der Waals surface area (Å²) < 4.78 is 0. The minimum Gasteiger partial charge on any atom is -0.255 e. The van der Waals surface area contributed by atoms with Crippen LogP contribution in [0, 0.1) is 12.1 Å². The molecule has 0 saturated carbocycles. The van der Waals surface area contributed by atoms with Gasteiger partial charge in [0.15, 0.2) is 0 Å². The van der Waals surface area contributed by atoms with Crippen molar-refractivity contribution in [3.05, 3.63) is 83.9 Å². The van der Waals surface area contributed by atoms with Gasteiger partial charge in [0.25, 0.3) is 0 Å². The monoisotopic (exact) mass is 587 g/mol. The smallest absolute Gasteiger partial charge is 0.255 e. The summed E-state index contributed by atoms with van der Waals surface area (Å²) in [6.07, 6.45) is 0. The number of fused-ring (bicyclic) bond motifs is 6. The normalized spacial score (nSPS) is 16.7. The quantitative estimate of drug-likeness (QED) is 0.245. The number of para-hydroxylation sites is 2. The number of rotatable bonds is 0. The molecular weight excluding hydrogens is 559 g/mol. The van der Waals surface area contributed by atoms with Crippen molar-refractivity contribution in [1.29, 1.82) is 0 Å². The number of hydrogen-bond donors (Lipinski definition) is 0. The Morgan fingerprint density at radius 1 is 0.581 bits per heavy atom. The molecule has 3 aromatic rings. The third-order valence-corrected chi connectivity index (χ3v) is 6.49. The van der Waals surface area contributed by atoms with Crippen LogP contribution < -0.4 is 0 Å². The number of hydrogen-bond acceptors (Lipinski definition) is 2. The second kappa shape index (κ2) is 8.67. The van der Waals surface area contributed by atoms with E-state index < -0.39 is 0 Å². The van der Waals surface area contributed by atoms with Crippen LogP contribution in [0.2, 0.25) is 0 Å². The maximum Gasteiger partial charge on any atom is 2.00 e. The molecule has 0 atom stereocenters. The first kappa shape index (κ1) is 23.4. The molecule has 0 saturated heterocycles. The van der Waals surface area contributed by atoms with Crippen LogP contribution in [0.15, 0.2) is 70.6 Å². The van der Waals surface area contributed by atoms with Gasteiger partial charge in [-0.1, -0.05) is 39.8 Å².